The SMILES string of the molecule is NC(=O)c1cccnc1N1CCN(C(=O)c2ccc(C(F)(F)F)cc2)CC1. The second-order valence-electron chi connectivity index (χ2n) is 6.09. The Labute approximate surface area is 153 Å². The first-order valence-electron chi connectivity index (χ1n) is 8.23. The summed E-state index contributed by atoms with van der Waals surface area (Å²) < 4.78 is 37.9. The summed E-state index contributed by atoms with van der Waals surface area (Å²) in [5.41, 5.74) is 5.08. The van der Waals surface area contributed by atoms with Crippen LogP contribution in [0.15, 0.2) is 42.6 Å². The zero-order valence-corrected chi connectivity index (χ0v) is 14.2. The van der Waals surface area contributed by atoms with Crippen molar-refractivity contribution >= 4 is 17.6 Å². The summed E-state index contributed by atoms with van der Waals surface area (Å²) >= 11 is 0. The second-order valence-corrected chi connectivity index (χ2v) is 6.09. The number of benzene rings is 1. The Morgan fingerprint density at radius 1 is 1.00 bits per heavy atom. The molecule has 2 aromatic rings. The fraction of sp³-hybridized carbons (Fsp3) is 0.278. The number of hydrogen-bond donors (Lipinski definition) is 1. The number of alkyl halides is 3. The predicted molar refractivity (Wildman–Crippen MR) is 92.3 cm³/mol. The molecule has 0 radical (unpaired) electrons. The highest BCUT2D eigenvalue weighted by molar-refractivity contribution is 5.98. The molecule has 0 spiro atoms. The van der Waals surface area contributed by atoms with E-state index in [1.165, 1.54) is 12.1 Å². The molecule has 0 aliphatic carbocycles. The number of pyridine rings is 1. The summed E-state index contributed by atoms with van der Waals surface area (Å²) in [6.07, 6.45) is -2.88. The maximum absolute atomic E-state index is 12.6. The van der Waals surface area contributed by atoms with Crippen molar-refractivity contribution in [3.63, 3.8) is 0 Å². The summed E-state index contributed by atoms with van der Waals surface area (Å²) in [4.78, 5) is 31.7. The lowest BCUT2D eigenvalue weighted by Gasteiger charge is -2.36. The number of primary amides is 1. The molecule has 142 valence electrons. The van der Waals surface area contributed by atoms with Gasteiger partial charge in [0.2, 0.25) is 0 Å². The van der Waals surface area contributed by atoms with Gasteiger partial charge in [0.25, 0.3) is 11.8 Å². The third kappa shape index (κ3) is 4.02. The molecule has 0 saturated carbocycles. The zero-order chi connectivity index (χ0) is 19.6. The molecule has 0 bridgehead atoms. The van der Waals surface area contributed by atoms with Gasteiger partial charge in [0, 0.05) is 37.9 Å². The number of aromatic nitrogens is 1. The van der Waals surface area contributed by atoms with Crippen LogP contribution in [0.1, 0.15) is 26.3 Å². The minimum absolute atomic E-state index is 0.201. The summed E-state index contributed by atoms with van der Waals surface area (Å²) in [5, 5.41) is 0. The van der Waals surface area contributed by atoms with E-state index in [2.05, 4.69) is 4.98 Å². The Hall–Kier alpha value is -3.10. The molecular formula is C18H17F3N4O2. The van der Waals surface area contributed by atoms with Crippen molar-refractivity contribution in [1.82, 2.24) is 9.88 Å². The number of carbonyl (C=O) groups excluding carboxylic acids is 2. The monoisotopic (exact) mass is 378 g/mol. The molecule has 0 unspecified atom stereocenters. The van der Waals surface area contributed by atoms with Gasteiger partial charge < -0.3 is 15.5 Å². The number of hydrogen-bond acceptors (Lipinski definition) is 4. The van der Waals surface area contributed by atoms with Gasteiger partial charge >= 0.3 is 6.18 Å². The van der Waals surface area contributed by atoms with Crippen LogP contribution < -0.4 is 10.6 Å². The zero-order valence-electron chi connectivity index (χ0n) is 14.2. The third-order valence-corrected chi connectivity index (χ3v) is 4.38. The van der Waals surface area contributed by atoms with Crippen molar-refractivity contribution < 1.29 is 22.8 Å². The van der Waals surface area contributed by atoms with E-state index in [0.717, 1.165) is 12.1 Å². The molecule has 1 saturated heterocycles. The fourth-order valence-electron chi connectivity index (χ4n) is 2.95. The smallest absolute Gasteiger partial charge is 0.365 e. The Balaban J connectivity index is 1.67. The number of carbonyl (C=O) groups is 2. The van der Waals surface area contributed by atoms with Crippen molar-refractivity contribution in [3.05, 3.63) is 59.3 Å². The van der Waals surface area contributed by atoms with Crippen LogP contribution in [0.5, 0.6) is 0 Å². The standard InChI is InChI=1S/C18H17F3N4O2/c19-18(20,21)13-5-3-12(4-6-13)17(27)25-10-8-24(9-11-25)16-14(15(22)26)2-1-7-23-16/h1-7H,8-11H2,(H2,22,26). The number of rotatable bonds is 3. The van der Waals surface area contributed by atoms with Crippen LogP contribution in [0.2, 0.25) is 0 Å². The molecule has 1 fully saturated rings. The molecule has 9 heteroatoms. The van der Waals surface area contributed by atoms with Crippen LogP contribution in [-0.2, 0) is 6.18 Å². The van der Waals surface area contributed by atoms with Gasteiger partial charge in [-0.2, -0.15) is 13.2 Å². The molecule has 1 aromatic carbocycles. The number of halogens is 3. The van der Waals surface area contributed by atoms with Gasteiger partial charge in [0.15, 0.2) is 0 Å². The van der Waals surface area contributed by atoms with E-state index in [9.17, 15) is 22.8 Å². The molecule has 27 heavy (non-hydrogen) atoms. The number of piperazine rings is 1. The Morgan fingerprint density at radius 2 is 1.63 bits per heavy atom. The number of nitrogens with zero attached hydrogens (tertiary/aromatic N) is 3. The van der Waals surface area contributed by atoms with Crippen LogP contribution in [0.25, 0.3) is 0 Å². The number of nitrogens with two attached hydrogens (primary N) is 1. The molecule has 0 atom stereocenters. The fourth-order valence-corrected chi connectivity index (χ4v) is 2.95. The molecular weight excluding hydrogens is 361 g/mol. The summed E-state index contributed by atoms with van der Waals surface area (Å²) in [6, 6.07) is 7.37. The van der Waals surface area contributed by atoms with E-state index in [0.29, 0.717) is 37.6 Å². The van der Waals surface area contributed by atoms with Crippen LogP contribution >= 0.6 is 0 Å². The minimum atomic E-state index is -4.44. The molecule has 1 aliphatic heterocycles. The third-order valence-electron chi connectivity index (χ3n) is 4.38. The van der Waals surface area contributed by atoms with Crippen molar-refractivity contribution in [2.75, 3.05) is 31.1 Å². The lowest BCUT2D eigenvalue weighted by atomic mass is 10.1. The van der Waals surface area contributed by atoms with Gasteiger partial charge in [0.1, 0.15) is 5.82 Å². The molecule has 1 aromatic heterocycles. The lowest BCUT2D eigenvalue weighted by Crippen LogP contribution is -2.49. The maximum atomic E-state index is 12.6. The quantitative estimate of drug-likeness (QED) is 0.888. The summed E-state index contributed by atoms with van der Waals surface area (Å²) in [6.45, 7) is 1.58. The van der Waals surface area contributed by atoms with E-state index in [4.69, 9.17) is 5.73 Å². The minimum Gasteiger partial charge on any atom is -0.365 e. The van der Waals surface area contributed by atoms with Crippen molar-refractivity contribution in [2.24, 2.45) is 5.73 Å². The van der Waals surface area contributed by atoms with Crippen LogP contribution in [0, 0.1) is 0 Å². The first kappa shape index (κ1) is 18.7. The highest BCUT2D eigenvalue weighted by Crippen LogP contribution is 2.29. The number of anilines is 1. The lowest BCUT2D eigenvalue weighted by molar-refractivity contribution is -0.137. The van der Waals surface area contributed by atoms with Crippen LogP contribution in [0.3, 0.4) is 0 Å². The molecule has 3 rings (SSSR count). The van der Waals surface area contributed by atoms with Crippen molar-refractivity contribution in [3.8, 4) is 0 Å². The Morgan fingerprint density at radius 3 is 2.19 bits per heavy atom. The molecule has 1 aliphatic rings. The van der Waals surface area contributed by atoms with Gasteiger partial charge in [0.05, 0.1) is 11.1 Å². The average molecular weight is 378 g/mol. The van der Waals surface area contributed by atoms with E-state index < -0.39 is 17.6 Å². The van der Waals surface area contributed by atoms with Gasteiger partial charge in [-0.25, -0.2) is 4.98 Å². The van der Waals surface area contributed by atoms with Gasteiger partial charge in [-0.3, -0.25) is 9.59 Å². The molecule has 2 amide bonds. The van der Waals surface area contributed by atoms with E-state index in [1.54, 1.807) is 23.2 Å². The highest BCUT2D eigenvalue weighted by atomic mass is 19.4. The van der Waals surface area contributed by atoms with Gasteiger partial charge in [-0.05, 0) is 36.4 Å². The second kappa shape index (κ2) is 7.26. The maximum Gasteiger partial charge on any atom is 0.416 e. The van der Waals surface area contributed by atoms with E-state index in [-0.39, 0.29) is 11.5 Å². The first-order valence-corrected chi connectivity index (χ1v) is 8.23. The topological polar surface area (TPSA) is 79.5 Å². The predicted octanol–water partition coefficient (Wildman–Crippen LogP) is 2.16. The van der Waals surface area contributed by atoms with Crippen LogP contribution in [0.4, 0.5) is 19.0 Å². The summed E-state index contributed by atoms with van der Waals surface area (Å²) in [5.74, 6) is -0.451. The average Bonchev–Trinajstić information content (AvgIpc) is 2.67. The highest BCUT2D eigenvalue weighted by Gasteiger charge is 2.31. The molecule has 2 N–H and O–H groups in total. The van der Waals surface area contributed by atoms with Gasteiger partial charge in [-0.1, -0.05) is 0 Å². The van der Waals surface area contributed by atoms with Crippen LogP contribution in [-0.4, -0.2) is 47.9 Å². The van der Waals surface area contributed by atoms with Gasteiger partial charge in [-0.15, -0.1) is 0 Å². The first-order chi connectivity index (χ1) is 12.8. The largest absolute Gasteiger partial charge is 0.416 e. The summed E-state index contributed by atoms with van der Waals surface area (Å²) in [7, 11) is 0. The normalized spacial score (nSPS) is 14.9. The van der Waals surface area contributed by atoms with Crippen molar-refractivity contribution in [2.45, 2.75) is 6.18 Å². The number of amides is 2. The van der Waals surface area contributed by atoms with Crippen molar-refractivity contribution in [1.29, 1.82) is 0 Å². The van der Waals surface area contributed by atoms with E-state index in [1.807, 2.05) is 4.90 Å². The molecule has 6 nitrogen and oxygen atoms in total. The Kier molecular flexibility index (Phi) is 5.02. The Bertz CT molecular complexity index is 844. The molecule has 2 heterocycles. The van der Waals surface area contributed by atoms with E-state index >= 15 is 0 Å².